The Morgan fingerprint density at radius 1 is 1.36 bits per heavy atom. The van der Waals surface area contributed by atoms with Crippen LogP contribution in [0.25, 0.3) is 11.5 Å². The minimum absolute atomic E-state index is 0.0786. The zero-order valence-corrected chi connectivity index (χ0v) is 14.1. The van der Waals surface area contributed by atoms with Gasteiger partial charge in [0.2, 0.25) is 0 Å². The third-order valence-corrected chi connectivity index (χ3v) is 4.71. The highest BCUT2D eigenvalue weighted by Gasteiger charge is 2.22. The Morgan fingerprint density at radius 3 is 2.82 bits per heavy atom. The van der Waals surface area contributed by atoms with Gasteiger partial charge in [-0.3, -0.25) is 5.10 Å². The van der Waals surface area contributed by atoms with Gasteiger partial charge in [-0.05, 0) is 38.9 Å². The Balaban J connectivity index is 1.73. The van der Waals surface area contributed by atoms with Gasteiger partial charge in [-0.25, -0.2) is 4.98 Å². The molecule has 1 aliphatic rings. The van der Waals surface area contributed by atoms with Crippen LogP contribution in [0.15, 0.2) is 18.5 Å². The molecule has 1 aliphatic heterocycles. The summed E-state index contributed by atoms with van der Waals surface area (Å²) in [5, 5.41) is 7.62. The van der Waals surface area contributed by atoms with E-state index in [4.69, 9.17) is 0 Å². The highest BCUT2D eigenvalue weighted by atomic mass is 15.2. The molecule has 0 saturated carbocycles. The number of aryl methyl sites for hydroxylation is 1. The number of H-pyrrole nitrogens is 1. The summed E-state index contributed by atoms with van der Waals surface area (Å²) in [5.41, 5.74) is 2.16. The Labute approximate surface area is 132 Å². The third kappa shape index (κ3) is 3.09. The molecule has 5 nitrogen and oxygen atoms in total. The molecule has 2 aromatic heterocycles. The van der Waals surface area contributed by atoms with E-state index in [0.29, 0.717) is 6.04 Å². The fourth-order valence-corrected chi connectivity index (χ4v) is 3.18. The number of hydrogen-bond acceptors (Lipinski definition) is 3. The first-order valence-corrected chi connectivity index (χ1v) is 8.23. The molecule has 3 rings (SSSR count). The Morgan fingerprint density at radius 2 is 2.18 bits per heavy atom. The predicted octanol–water partition coefficient (Wildman–Crippen LogP) is 3.06. The Bertz CT molecular complexity index is 619. The molecule has 5 heteroatoms. The quantitative estimate of drug-likeness (QED) is 0.944. The summed E-state index contributed by atoms with van der Waals surface area (Å²) in [6.07, 6.45) is 7.76. The minimum Gasteiger partial charge on any atom is -0.330 e. The summed E-state index contributed by atoms with van der Waals surface area (Å²) in [6.45, 7) is 8.80. The maximum absolute atomic E-state index is 4.51. The topological polar surface area (TPSA) is 49.7 Å². The number of likely N-dealkylation sites (tertiary alicyclic amines) is 1. The number of aromatic amines is 1. The molecule has 120 valence electrons. The molecule has 0 amide bonds. The molecule has 1 saturated heterocycles. The van der Waals surface area contributed by atoms with Crippen LogP contribution in [0.5, 0.6) is 0 Å². The van der Waals surface area contributed by atoms with E-state index in [1.165, 1.54) is 25.8 Å². The van der Waals surface area contributed by atoms with E-state index in [1.54, 1.807) is 0 Å². The van der Waals surface area contributed by atoms with Crippen LogP contribution in [0.4, 0.5) is 0 Å². The second kappa shape index (κ2) is 5.88. The molecule has 1 atom stereocenters. The molecule has 0 aliphatic carbocycles. The molecule has 2 aromatic rings. The van der Waals surface area contributed by atoms with Gasteiger partial charge in [0, 0.05) is 36.1 Å². The number of imidazole rings is 1. The Hall–Kier alpha value is -1.62. The summed E-state index contributed by atoms with van der Waals surface area (Å²) in [7, 11) is 2.23. The van der Waals surface area contributed by atoms with Crippen LogP contribution in [-0.2, 0) is 12.0 Å². The lowest BCUT2D eigenvalue weighted by atomic mass is 9.92. The number of rotatable bonds is 4. The zero-order valence-electron chi connectivity index (χ0n) is 14.1. The molecule has 0 unspecified atom stereocenters. The molecule has 0 bridgehead atoms. The van der Waals surface area contributed by atoms with Crippen molar-refractivity contribution < 1.29 is 0 Å². The van der Waals surface area contributed by atoms with Crippen molar-refractivity contribution in [1.29, 1.82) is 0 Å². The van der Waals surface area contributed by atoms with Gasteiger partial charge >= 0.3 is 0 Å². The molecule has 0 aromatic carbocycles. The van der Waals surface area contributed by atoms with E-state index < -0.39 is 0 Å². The highest BCUT2D eigenvalue weighted by Crippen LogP contribution is 2.25. The zero-order chi connectivity index (χ0) is 15.7. The second-order valence-electron chi connectivity index (χ2n) is 7.43. The van der Waals surface area contributed by atoms with Crippen molar-refractivity contribution in [3.8, 4) is 11.5 Å². The van der Waals surface area contributed by atoms with E-state index in [0.717, 1.165) is 23.8 Å². The lowest BCUT2D eigenvalue weighted by Crippen LogP contribution is -2.26. The first-order valence-electron chi connectivity index (χ1n) is 8.23. The fraction of sp³-hybridized carbons (Fsp3) is 0.647. The smallest absolute Gasteiger partial charge is 0.160 e. The van der Waals surface area contributed by atoms with Crippen molar-refractivity contribution in [3.05, 3.63) is 24.2 Å². The van der Waals surface area contributed by atoms with Gasteiger partial charge in [0.25, 0.3) is 0 Å². The van der Waals surface area contributed by atoms with Gasteiger partial charge in [-0.15, -0.1) is 0 Å². The summed E-state index contributed by atoms with van der Waals surface area (Å²) < 4.78 is 2.23. The summed E-state index contributed by atoms with van der Waals surface area (Å²) >= 11 is 0. The molecule has 22 heavy (non-hydrogen) atoms. The van der Waals surface area contributed by atoms with Crippen molar-refractivity contribution in [2.75, 3.05) is 13.6 Å². The average Bonchev–Trinajstić information content (AvgIpc) is 3.15. The van der Waals surface area contributed by atoms with E-state index in [-0.39, 0.29) is 5.41 Å². The van der Waals surface area contributed by atoms with Gasteiger partial charge < -0.3 is 9.47 Å². The van der Waals surface area contributed by atoms with Crippen molar-refractivity contribution in [2.24, 2.45) is 0 Å². The van der Waals surface area contributed by atoms with E-state index >= 15 is 0 Å². The second-order valence-corrected chi connectivity index (χ2v) is 7.43. The van der Waals surface area contributed by atoms with Crippen molar-refractivity contribution >= 4 is 0 Å². The largest absolute Gasteiger partial charge is 0.330 e. The van der Waals surface area contributed by atoms with Crippen molar-refractivity contribution in [1.82, 2.24) is 24.6 Å². The van der Waals surface area contributed by atoms with E-state index in [1.807, 2.05) is 6.20 Å². The summed E-state index contributed by atoms with van der Waals surface area (Å²) in [4.78, 5) is 6.99. The third-order valence-electron chi connectivity index (χ3n) is 4.71. The number of aromatic nitrogens is 4. The lowest BCUT2D eigenvalue weighted by molar-refractivity contribution is 0.286. The summed E-state index contributed by atoms with van der Waals surface area (Å²) in [6, 6.07) is 2.83. The van der Waals surface area contributed by atoms with Gasteiger partial charge in [0.1, 0.15) is 5.69 Å². The van der Waals surface area contributed by atoms with Gasteiger partial charge in [-0.1, -0.05) is 20.8 Å². The standard InChI is InChI=1S/C17H27N5/c1-17(2,3)15-12-14(19-20-15)16-18-8-11-22(16)10-7-13-6-5-9-21(13)4/h8,11-13H,5-7,9-10H2,1-4H3,(H,19,20)/t13-/m1/s1. The minimum atomic E-state index is 0.0786. The number of nitrogens with one attached hydrogen (secondary N) is 1. The van der Waals surface area contributed by atoms with Crippen LogP contribution in [0.3, 0.4) is 0 Å². The Kier molecular flexibility index (Phi) is 4.08. The maximum atomic E-state index is 4.51. The summed E-state index contributed by atoms with van der Waals surface area (Å²) in [5.74, 6) is 0.965. The predicted molar refractivity (Wildman–Crippen MR) is 88.8 cm³/mol. The van der Waals surface area contributed by atoms with E-state index in [2.05, 4.69) is 64.7 Å². The molecular formula is C17H27N5. The first kappa shape index (κ1) is 15.3. The molecule has 0 radical (unpaired) electrons. The first-order chi connectivity index (χ1) is 10.4. The SMILES string of the molecule is CN1CCC[C@@H]1CCn1ccnc1-c1cc(C(C)(C)C)[nH]n1. The molecule has 3 heterocycles. The highest BCUT2D eigenvalue weighted by molar-refractivity contribution is 5.50. The molecule has 1 fully saturated rings. The molecule has 0 spiro atoms. The average molecular weight is 301 g/mol. The molecular weight excluding hydrogens is 274 g/mol. The van der Waals surface area contributed by atoms with Crippen LogP contribution in [0, 0.1) is 0 Å². The van der Waals surface area contributed by atoms with Crippen molar-refractivity contribution in [2.45, 2.75) is 58.0 Å². The van der Waals surface area contributed by atoms with Crippen LogP contribution >= 0.6 is 0 Å². The van der Waals surface area contributed by atoms with Gasteiger partial charge in [0.15, 0.2) is 5.82 Å². The van der Waals surface area contributed by atoms with Crippen LogP contribution < -0.4 is 0 Å². The maximum Gasteiger partial charge on any atom is 0.160 e. The van der Waals surface area contributed by atoms with Crippen LogP contribution in [-0.4, -0.2) is 44.3 Å². The van der Waals surface area contributed by atoms with Crippen molar-refractivity contribution in [3.63, 3.8) is 0 Å². The monoisotopic (exact) mass is 301 g/mol. The van der Waals surface area contributed by atoms with Crippen LogP contribution in [0.1, 0.15) is 45.7 Å². The lowest BCUT2D eigenvalue weighted by Gasteiger charge is -2.19. The number of nitrogens with zero attached hydrogens (tertiary/aromatic N) is 4. The molecule has 1 N–H and O–H groups in total. The number of hydrogen-bond donors (Lipinski definition) is 1. The van der Waals surface area contributed by atoms with E-state index in [9.17, 15) is 0 Å². The van der Waals surface area contributed by atoms with Crippen LogP contribution in [0.2, 0.25) is 0 Å². The van der Waals surface area contributed by atoms with Gasteiger partial charge in [-0.2, -0.15) is 5.10 Å². The normalized spacial score (nSPS) is 19.9. The fourth-order valence-electron chi connectivity index (χ4n) is 3.18. The van der Waals surface area contributed by atoms with Gasteiger partial charge in [0.05, 0.1) is 0 Å².